The molecule has 0 saturated carbocycles. The molecule has 0 bridgehead atoms. The fourth-order valence-corrected chi connectivity index (χ4v) is 3.19. The number of carbonyl (C=O) groups is 2. The van der Waals surface area contributed by atoms with Crippen molar-refractivity contribution in [1.82, 2.24) is 0 Å². The van der Waals surface area contributed by atoms with Gasteiger partial charge in [0.2, 0.25) is 0 Å². The monoisotopic (exact) mass is 440 g/mol. The summed E-state index contributed by atoms with van der Waals surface area (Å²) >= 11 is 0. The fraction of sp³-hybridized carbons (Fsp3) is 0.0370. The quantitative estimate of drug-likeness (QED) is 0.384. The van der Waals surface area contributed by atoms with Crippen molar-refractivity contribution in [2.75, 3.05) is 17.2 Å². The Morgan fingerprint density at radius 2 is 1.39 bits per heavy atom. The second-order valence-corrected chi connectivity index (χ2v) is 7.27. The molecule has 0 aliphatic carbocycles. The van der Waals surface area contributed by atoms with Crippen LogP contribution in [-0.2, 0) is 4.79 Å². The van der Waals surface area contributed by atoms with Crippen LogP contribution in [0.5, 0.6) is 5.75 Å². The Hall–Kier alpha value is -4.45. The molecule has 0 aliphatic rings. The first-order valence-corrected chi connectivity index (χ1v) is 10.3. The first-order chi connectivity index (χ1) is 16.1. The van der Waals surface area contributed by atoms with E-state index in [9.17, 15) is 14.0 Å². The highest BCUT2D eigenvalue weighted by atomic mass is 19.1. The van der Waals surface area contributed by atoms with E-state index in [1.54, 1.807) is 24.3 Å². The Kier molecular flexibility index (Phi) is 6.75. The van der Waals surface area contributed by atoms with Crippen molar-refractivity contribution in [3.05, 3.63) is 115 Å². The van der Waals surface area contributed by atoms with Gasteiger partial charge in [-0.05, 0) is 65.7 Å². The predicted molar refractivity (Wildman–Crippen MR) is 127 cm³/mol. The zero-order chi connectivity index (χ0) is 23.0. The van der Waals surface area contributed by atoms with Crippen LogP contribution in [0.3, 0.4) is 0 Å². The zero-order valence-electron chi connectivity index (χ0n) is 17.6. The number of halogens is 1. The second kappa shape index (κ2) is 10.2. The van der Waals surface area contributed by atoms with Gasteiger partial charge in [-0.15, -0.1) is 0 Å². The van der Waals surface area contributed by atoms with E-state index < -0.39 is 0 Å². The molecule has 4 aromatic rings. The van der Waals surface area contributed by atoms with Crippen LogP contribution in [0.25, 0.3) is 11.1 Å². The average molecular weight is 440 g/mol. The van der Waals surface area contributed by atoms with Crippen LogP contribution in [0.4, 0.5) is 15.8 Å². The summed E-state index contributed by atoms with van der Waals surface area (Å²) in [6, 6.07) is 29.5. The first-order valence-electron chi connectivity index (χ1n) is 10.3. The molecule has 0 radical (unpaired) electrons. The van der Waals surface area contributed by atoms with E-state index in [0.717, 1.165) is 11.1 Å². The minimum Gasteiger partial charge on any atom is -0.484 e. The molecule has 0 atom stereocenters. The lowest BCUT2D eigenvalue weighted by atomic mass is 10.1. The third-order valence-electron chi connectivity index (χ3n) is 4.84. The van der Waals surface area contributed by atoms with Gasteiger partial charge in [-0.25, -0.2) is 4.39 Å². The van der Waals surface area contributed by atoms with Crippen LogP contribution < -0.4 is 15.4 Å². The molecule has 0 unspecified atom stereocenters. The summed E-state index contributed by atoms with van der Waals surface area (Å²) in [5.74, 6) is -0.519. The van der Waals surface area contributed by atoms with Crippen LogP contribution in [0.1, 0.15) is 10.4 Å². The van der Waals surface area contributed by atoms with Crippen molar-refractivity contribution in [1.29, 1.82) is 0 Å². The predicted octanol–water partition coefficient (Wildman–Crippen LogP) is 5.76. The van der Waals surface area contributed by atoms with Gasteiger partial charge in [0.15, 0.2) is 6.61 Å². The number of benzene rings is 4. The Balaban J connectivity index is 1.31. The van der Waals surface area contributed by atoms with Crippen LogP contribution in [0.15, 0.2) is 103 Å². The van der Waals surface area contributed by atoms with Crippen LogP contribution >= 0.6 is 0 Å². The lowest BCUT2D eigenvalue weighted by Crippen LogP contribution is -2.20. The standard InChI is InChI=1S/C27H21FN2O3/c28-22-11-13-23(14-12-22)30-27(32)21-7-4-8-24(17-21)29-26(31)18-33-25-15-9-20(10-16-25)19-5-2-1-3-6-19/h1-17H,18H2,(H,29,31)(H,30,32). The first kappa shape index (κ1) is 21.8. The van der Waals surface area contributed by atoms with Crippen molar-refractivity contribution in [3.8, 4) is 16.9 Å². The molecule has 0 saturated heterocycles. The fourth-order valence-electron chi connectivity index (χ4n) is 3.19. The number of amides is 2. The molecule has 4 rings (SSSR count). The van der Waals surface area contributed by atoms with Gasteiger partial charge in [-0.3, -0.25) is 9.59 Å². The molecule has 5 nitrogen and oxygen atoms in total. The lowest BCUT2D eigenvalue weighted by Gasteiger charge is -2.10. The lowest BCUT2D eigenvalue weighted by molar-refractivity contribution is -0.118. The van der Waals surface area contributed by atoms with Gasteiger partial charge < -0.3 is 15.4 Å². The minimum absolute atomic E-state index is 0.170. The maximum Gasteiger partial charge on any atom is 0.262 e. The summed E-state index contributed by atoms with van der Waals surface area (Å²) in [5.41, 5.74) is 3.46. The molecule has 0 aliphatic heterocycles. The Labute approximate surface area is 190 Å². The largest absolute Gasteiger partial charge is 0.484 e. The van der Waals surface area contributed by atoms with Gasteiger partial charge in [-0.1, -0.05) is 48.5 Å². The molecule has 4 aromatic carbocycles. The molecule has 164 valence electrons. The number of ether oxygens (including phenoxy) is 1. The third-order valence-corrected chi connectivity index (χ3v) is 4.84. The second-order valence-electron chi connectivity index (χ2n) is 7.27. The van der Waals surface area contributed by atoms with Gasteiger partial charge in [0.1, 0.15) is 11.6 Å². The van der Waals surface area contributed by atoms with Gasteiger partial charge in [-0.2, -0.15) is 0 Å². The van der Waals surface area contributed by atoms with Gasteiger partial charge in [0, 0.05) is 16.9 Å². The summed E-state index contributed by atoms with van der Waals surface area (Å²) in [5, 5.41) is 5.41. The zero-order valence-corrected chi connectivity index (χ0v) is 17.6. The summed E-state index contributed by atoms with van der Waals surface area (Å²) < 4.78 is 18.6. The molecule has 2 N–H and O–H groups in total. The summed E-state index contributed by atoms with van der Waals surface area (Å²) in [6.45, 7) is -0.170. The molecule has 0 aromatic heterocycles. The van der Waals surface area contributed by atoms with Gasteiger partial charge in [0.25, 0.3) is 11.8 Å². The highest BCUT2D eigenvalue weighted by Crippen LogP contribution is 2.22. The van der Waals surface area contributed by atoms with E-state index in [4.69, 9.17) is 4.74 Å². The molecular weight excluding hydrogens is 419 g/mol. The smallest absolute Gasteiger partial charge is 0.262 e. The van der Waals surface area contributed by atoms with Crippen molar-refractivity contribution < 1.29 is 18.7 Å². The number of carbonyl (C=O) groups excluding carboxylic acids is 2. The Morgan fingerprint density at radius 3 is 2.12 bits per heavy atom. The average Bonchev–Trinajstić information content (AvgIpc) is 2.85. The van der Waals surface area contributed by atoms with Gasteiger partial charge in [0.05, 0.1) is 0 Å². The Bertz CT molecular complexity index is 1240. The topological polar surface area (TPSA) is 67.4 Å². The van der Waals surface area contributed by atoms with Crippen molar-refractivity contribution in [2.24, 2.45) is 0 Å². The highest BCUT2D eigenvalue weighted by Gasteiger charge is 2.09. The number of hydrogen-bond donors (Lipinski definition) is 2. The molecule has 33 heavy (non-hydrogen) atoms. The number of anilines is 2. The maximum atomic E-state index is 13.0. The minimum atomic E-state index is -0.382. The van der Waals surface area contributed by atoms with Crippen molar-refractivity contribution >= 4 is 23.2 Å². The van der Waals surface area contributed by atoms with Crippen molar-refractivity contribution in [2.45, 2.75) is 0 Å². The van der Waals surface area contributed by atoms with E-state index in [0.29, 0.717) is 22.7 Å². The van der Waals surface area contributed by atoms with E-state index in [1.807, 2.05) is 54.6 Å². The van der Waals surface area contributed by atoms with E-state index in [1.165, 1.54) is 24.3 Å². The normalized spacial score (nSPS) is 10.3. The molecule has 0 fully saturated rings. The van der Waals surface area contributed by atoms with Crippen LogP contribution in [0.2, 0.25) is 0 Å². The van der Waals surface area contributed by atoms with Gasteiger partial charge >= 0.3 is 0 Å². The molecular formula is C27H21FN2O3. The molecule has 6 heteroatoms. The highest BCUT2D eigenvalue weighted by molar-refractivity contribution is 6.05. The summed E-state index contributed by atoms with van der Waals surface area (Å²) in [7, 11) is 0. The van der Waals surface area contributed by atoms with Crippen LogP contribution in [-0.4, -0.2) is 18.4 Å². The molecule has 0 heterocycles. The van der Waals surface area contributed by atoms with E-state index >= 15 is 0 Å². The summed E-state index contributed by atoms with van der Waals surface area (Å²) in [6.07, 6.45) is 0. The third kappa shape index (κ3) is 6.04. The maximum absolute atomic E-state index is 13.0. The van der Waals surface area contributed by atoms with Crippen LogP contribution in [0, 0.1) is 5.82 Å². The number of nitrogens with one attached hydrogen (secondary N) is 2. The molecule has 2 amide bonds. The SMILES string of the molecule is O=C(COc1ccc(-c2ccccc2)cc1)Nc1cccc(C(=O)Nc2ccc(F)cc2)c1. The Morgan fingerprint density at radius 1 is 0.697 bits per heavy atom. The number of hydrogen-bond acceptors (Lipinski definition) is 3. The molecule has 0 spiro atoms. The van der Waals surface area contributed by atoms with E-state index in [2.05, 4.69) is 10.6 Å². The summed E-state index contributed by atoms with van der Waals surface area (Å²) in [4.78, 5) is 24.7. The van der Waals surface area contributed by atoms with Crippen molar-refractivity contribution in [3.63, 3.8) is 0 Å². The number of rotatable bonds is 7. The van der Waals surface area contributed by atoms with E-state index in [-0.39, 0.29) is 24.2 Å².